The van der Waals surface area contributed by atoms with Crippen LogP contribution in [-0.4, -0.2) is 32.3 Å². The van der Waals surface area contributed by atoms with Crippen molar-refractivity contribution in [3.8, 4) is 0 Å². The number of anilines is 1. The minimum atomic E-state index is -0.391. The van der Waals surface area contributed by atoms with Gasteiger partial charge in [-0.3, -0.25) is 9.59 Å². The summed E-state index contributed by atoms with van der Waals surface area (Å²) in [4.78, 5) is 25.3. The highest BCUT2D eigenvalue weighted by Crippen LogP contribution is 2.26. The average Bonchev–Trinajstić information content (AvgIpc) is 3.15. The third-order valence-electron chi connectivity index (χ3n) is 5.49. The molecular formula is C24H27Cl2N5O2S. The highest BCUT2D eigenvalue weighted by molar-refractivity contribution is 7.99. The molecule has 0 spiro atoms. The van der Waals surface area contributed by atoms with E-state index in [9.17, 15) is 9.59 Å². The number of benzene rings is 2. The summed E-state index contributed by atoms with van der Waals surface area (Å²) in [5.74, 6) is 0.404. The molecule has 0 aliphatic heterocycles. The van der Waals surface area contributed by atoms with Crippen LogP contribution in [0.1, 0.15) is 47.2 Å². The van der Waals surface area contributed by atoms with Gasteiger partial charge in [0.05, 0.1) is 21.8 Å². The number of rotatable bonds is 8. The summed E-state index contributed by atoms with van der Waals surface area (Å²) in [6, 6.07) is 10.2. The molecule has 3 rings (SSSR count). The van der Waals surface area contributed by atoms with E-state index in [1.54, 1.807) is 16.7 Å². The lowest BCUT2D eigenvalue weighted by molar-refractivity contribution is -0.113. The minimum Gasteiger partial charge on any atom is -0.342 e. The number of aromatic nitrogens is 3. The number of carbonyl (C=O) groups is 2. The smallest absolute Gasteiger partial charge is 0.251 e. The normalized spacial score (nSPS) is 12.0. The van der Waals surface area contributed by atoms with Crippen LogP contribution in [0.2, 0.25) is 10.0 Å². The van der Waals surface area contributed by atoms with Gasteiger partial charge in [0.15, 0.2) is 11.0 Å². The van der Waals surface area contributed by atoms with Crippen molar-refractivity contribution in [2.45, 2.75) is 38.9 Å². The average molecular weight is 520 g/mol. The second kappa shape index (κ2) is 11.3. The van der Waals surface area contributed by atoms with Crippen molar-refractivity contribution >= 4 is 52.5 Å². The van der Waals surface area contributed by atoms with Crippen molar-refractivity contribution in [3.63, 3.8) is 0 Å². The van der Waals surface area contributed by atoms with Crippen LogP contribution in [-0.2, 0) is 11.8 Å². The molecule has 1 heterocycles. The van der Waals surface area contributed by atoms with E-state index in [2.05, 4.69) is 20.8 Å². The lowest BCUT2D eigenvalue weighted by Gasteiger charge is -2.22. The SMILES string of the molecule is Cc1cccc(NC(=O)CSc2nnc([C@@H](NC(=O)c3ccc(Cl)c(Cl)c3)C(C)C)n2C)c1C. The monoisotopic (exact) mass is 519 g/mol. The Kier molecular flexibility index (Phi) is 8.62. The molecule has 180 valence electrons. The molecule has 0 radical (unpaired) electrons. The van der Waals surface area contributed by atoms with Crippen molar-refractivity contribution in [2.24, 2.45) is 13.0 Å². The maximum Gasteiger partial charge on any atom is 0.251 e. The van der Waals surface area contributed by atoms with Crippen molar-refractivity contribution < 1.29 is 9.59 Å². The van der Waals surface area contributed by atoms with Gasteiger partial charge in [0, 0.05) is 18.3 Å². The third-order valence-corrected chi connectivity index (χ3v) is 7.25. The van der Waals surface area contributed by atoms with E-state index in [-0.39, 0.29) is 23.5 Å². The Hall–Kier alpha value is -2.55. The largest absolute Gasteiger partial charge is 0.342 e. The van der Waals surface area contributed by atoms with Gasteiger partial charge in [0.25, 0.3) is 5.91 Å². The summed E-state index contributed by atoms with van der Waals surface area (Å²) in [7, 11) is 1.82. The van der Waals surface area contributed by atoms with Gasteiger partial charge in [0.1, 0.15) is 0 Å². The standard InChI is InChI=1S/C24H27Cl2N5O2S/c1-13(2)21(28-23(33)16-9-10-17(25)18(26)11-16)22-29-30-24(31(22)5)34-12-20(32)27-19-8-6-7-14(3)15(19)4/h6-11,13,21H,12H2,1-5H3,(H,27,32)(H,28,33)/t21-/m0/s1. The Labute approximate surface area is 213 Å². The molecule has 0 bridgehead atoms. The van der Waals surface area contributed by atoms with E-state index in [4.69, 9.17) is 23.2 Å². The molecule has 0 aliphatic rings. The van der Waals surface area contributed by atoms with E-state index in [1.165, 1.54) is 17.8 Å². The van der Waals surface area contributed by atoms with Crippen LogP contribution in [0.5, 0.6) is 0 Å². The minimum absolute atomic E-state index is 0.0417. The van der Waals surface area contributed by atoms with Gasteiger partial charge in [-0.1, -0.05) is 60.9 Å². The van der Waals surface area contributed by atoms with Gasteiger partial charge in [-0.2, -0.15) is 0 Å². The number of thioether (sulfide) groups is 1. The molecule has 0 unspecified atom stereocenters. The van der Waals surface area contributed by atoms with E-state index in [0.29, 0.717) is 26.6 Å². The molecular weight excluding hydrogens is 493 g/mol. The number of nitrogens with one attached hydrogen (secondary N) is 2. The van der Waals surface area contributed by atoms with E-state index in [1.807, 2.05) is 52.9 Å². The molecule has 1 aromatic heterocycles. The molecule has 1 atom stereocenters. The summed E-state index contributed by atoms with van der Waals surface area (Å²) in [5, 5.41) is 15.8. The van der Waals surface area contributed by atoms with Crippen LogP contribution in [0.25, 0.3) is 0 Å². The third kappa shape index (κ3) is 6.11. The quantitative estimate of drug-likeness (QED) is 0.378. The molecule has 0 saturated carbocycles. The van der Waals surface area contributed by atoms with Crippen molar-refractivity contribution in [1.82, 2.24) is 20.1 Å². The fraction of sp³-hybridized carbons (Fsp3) is 0.333. The summed E-state index contributed by atoms with van der Waals surface area (Å²) >= 11 is 13.3. The second-order valence-electron chi connectivity index (χ2n) is 8.31. The Bertz CT molecular complexity index is 1210. The van der Waals surface area contributed by atoms with Crippen molar-refractivity contribution in [2.75, 3.05) is 11.1 Å². The van der Waals surface area contributed by atoms with E-state index >= 15 is 0 Å². The van der Waals surface area contributed by atoms with E-state index < -0.39 is 6.04 Å². The zero-order valence-corrected chi connectivity index (χ0v) is 22.0. The van der Waals surface area contributed by atoms with E-state index in [0.717, 1.165) is 16.8 Å². The second-order valence-corrected chi connectivity index (χ2v) is 10.1. The van der Waals surface area contributed by atoms with Gasteiger partial charge in [-0.25, -0.2) is 0 Å². The number of hydrogen-bond acceptors (Lipinski definition) is 5. The number of aryl methyl sites for hydroxylation is 1. The summed E-state index contributed by atoms with van der Waals surface area (Å²) in [6.07, 6.45) is 0. The number of hydrogen-bond donors (Lipinski definition) is 2. The van der Waals surface area contributed by atoms with Crippen molar-refractivity contribution in [1.29, 1.82) is 0 Å². The van der Waals surface area contributed by atoms with Gasteiger partial charge in [-0.15, -0.1) is 10.2 Å². The van der Waals surface area contributed by atoms with Crippen LogP contribution < -0.4 is 10.6 Å². The molecule has 0 fully saturated rings. The highest BCUT2D eigenvalue weighted by atomic mass is 35.5. The van der Waals surface area contributed by atoms with Crippen LogP contribution >= 0.6 is 35.0 Å². The number of amides is 2. The number of nitrogens with zero attached hydrogens (tertiary/aromatic N) is 3. The zero-order valence-electron chi connectivity index (χ0n) is 19.6. The molecule has 7 nitrogen and oxygen atoms in total. The number of halogens is 2. The number of carbonyl (C=O) groups excluding carboxylic acids is 2. The fourth-order valence-electron chi connectivity index (χ4n) is 3.32. The van der Waals surface area contributed by atoms with Crippen molar-refractivity contribution in [3.05, 3.63) is 69.0 Å². The maximum absolute atomic E-state index is 12.8. The Morgan fingerprint density at radius 3 is 2.50 bits per heavy atom. The van der Waals surface area contributed by atoms with Crippen LogP contribution in [0, 0.1) is 19.8 Å². The molecule has 0 aliphatic carbocycles. The highest BCUT2D eigenvalue weighted by Gasteiger charge is 2.25. The lowest BCUT2D eigenvalue weighted by atomic mass is 10.0. The first-order valence-corrected chi connectivity index (χ1v) is 12.5. The molecule has 2 N–H and O–H groups in total. The Morgan fingerprint density at radius 1 is 1.09 bits per heavy atom. The Morgan fingerprint density at radius 2 is 1.82 bits per heavy atom. The fourth-order valence-corrected chi connectivity index (χ4v) is 4.33. The topological polar surface area (TPSA) is 88.9 Å². The van der Waals surface area contributed by atoms with Crippen LogP contribution in [0.3, 0.4) is 0 Å². The lowest BCUT2D eigenvalue weighted by Crippen LogP contribution is -2.33. The first kappa shape index (κ1) is 26.1. The molecule has 2 amide bonds. The molecule has 3 aromatic rings. The predicted molar refractivity (Wildman–Crippen MR) is 138 cm³/mol. The summed E-state index contributed by atoms with van der Waals surface area (Å²) in [6.45, 7) is 7.95. The Balaban J connectivity index is 1.69. The molecule has 10 heteroatoms. The van der Waals surface area contributed by atoms with Crippen LogP contribution in [0.4, 0.5) is 5.69 Å². The van der Waals surface area contributed by atoms with Crippen LogP contribution in [0.15, 0.2) is 41.6 Å². The van der Waals surface area contributed by atoms with Gasteiger partial charge >= 0.3 is 0 Å². The summed E-state index contributed by atoms with van der Waals surface area (Å²) < 4.78 is 1.80. The maximum atomic E-state index is 12.8. The first-order chi connectivity index (χ1) is 16.1. The predicted octanol–water partition coefficient (Wildman–Crippen LogP) is 5.60. The summed E-state index contributed by atoms with van der Waals surface area (Å²) in [5.41, 5.74) is 3.36. The van der Waals surface area contributed by atoms with Gasteiger partial charge in [0.2, 0.25) is 5.91 Å². The molecule has 2 aromatic carbocycles. The first-order valence-electron chi connectivity index (χ1n) is 10.7. The zero-order chi connectivity index (χ0) is 25.0. The van der Waals surface area contributed by atoms with Gasteiger partial charge < -0.3 is 15.2 Å². The molecule has 0 saturated heterocycles. The van der Waals surface area contributed by atoms with Gasteiger partial charge in [-0.05, 0) is 55.2 Å². The molecule has 34 heavy (non-hydrogen) atoms.